The molecule has 0 bridgehead atoms. The Morgan fingerprint density at radius 2 is 2.13 bits per heavy atom. The van der Waals surface area contributed by atoms with Crippen LogP contribution < -0.4 is 15.8 Å². The number of aliphatic imine (C=N–C) groups is 1. The molecule has 160 valence electrons. The molecule has 0 radical (unpaired) electrons. The first-order valence-corrected chi connectivity index (χ1v) is 9.48. The molecule has 30 heavy (non-hydrogen) atoms. The van der Waals surface area contributed by atoms with E-state index in [1.165, 1.54) is 31.5 Å². The van der Waals surface area contributed by atoms with Crippen molar-refractivity contribution in [1.29, 1.82) is 0 Å². The number of alkyl halides is 1. The number of amides is 1. The maximum atomic E-state index is 14.9. The van der Waals surface area contributed by atoms with Crippen molar-refractivity contribution in [2.45, 2.75) is 25.5 Å². The van der Waals surface area contributed by atoms with E-state index in [4.69, 9.17) is 26.8 Å². The molecular formula is C20H21ClF2N4O3. The second-order valence-corrected chi connectivity index (χ2v) is 7.41. The van der Waals surface area contributed by atoms with Gasteiger partial charge in [0.2, 0.25) is 0 Å². The maximum absolute atomic E-state index is 14.9. The second-order valence-electron chi connectivity index (χ2n) is 6.97. The quantitative estimate of drug-likeness (QED) is 0.742. The van der Waals surface area contributed by atoms with Crippen molar-refractivity contribution in [3.8, 4) is 5.75 Å². The molecule has 3 N–H and O–H groups in total. The average molecular weight is 439 g/mol. The molecule has 0 aliphatic carbocycles. The molecule has 10 heteroatoms. The van der Waals surface area contributed by atoms with Gasteiger partial charge in [-0.1, -0.05) is 18.5 Å². The molecule has 7 nitrogen and oxygen atoms in total. The van der Waals surface area contributed by atoms with E-state index in [0.29, 0.717) is 5.02 Å². The fourth-order valence-electron chi connectivity index (χ4n) is 3.43. The summed E-state index contributed by atoms with van der Waals surface area (Å²) in [6, 6.07) is 5.21. The highest BCUT2D eigenvalue weighted by Crippen LogP contribution is 2.45. The third kappa shape index (κ3) is 3.89. The number of pyridine rings is 1. The molecule has 3 atom stereocenters. The highest BCUT2D eigenvalue weighted by molar-refractivity contribution is 6.30. The lowest BCUT2D eigenvalue weighted by molar-refractivity contribution is 0.0496. The molecule has 0 saturated carbocycles. The molecule has 3 rings (SSSR count). The summed E-state index contributed by atoms with van der Waals surface area (Å²) in [4.78, 5) is 20.6. The zero-order chi connectivity index (χ0) is 22.1. The van der Waals surface area contributed by atoms with Gasteiger partial charge in [0.1, 0.15) is 24.0 Å². The summed E-state index contributed by atoms with van der Waals surface area (Å²) >= 11 is 5.78. The monoisotopic (exact) mass is 438 g/mol. The van der Waals surface area contributed by atoms with Crippen LogP contribution in [-0.4, -0.2) is 36.8 Å². The van der Waals surface area contributed by atoms with E-state index in [2.05, 4.69) is 15.3 Å². The lowest BCUT2D eigenvalue weighted by Gasteiger charge is -2.41. The van der Waals surface area contributed by atoms with Gasteiger partial charge in [-0.05, 0) is 25.1 Å². The highest BCUT2D eigenvalue weighted by Gasteiger charge is 2.47. The molecule has 1 unspecified atom stereocenters. The number of nitrogens with one attached hydrogen (secondary N) is 1. The third-order valence-corrected chi connectivity index (χ3v) is 5.43. The van der Waals surface area contributed by atoms with Gasteiger partial charge < -0.3 is 20.5 Å². The SMILES string of the molecule is COc1c(F)cc(NC(=O)c2ccc(Cl)cn2)cc1[C@]1(CF)N=C(N)OC(C)[C@H]1C. The summed E-state index contributed by atoms with van der Waals surface area (Å²) in [5.41, 5.74) is 4.47. The van der Waals surface area contributed by atoms with Crippen LogP contribution in [0, 0.1) is 11.7 Å². The molecule has 1 amide bonds. The number of ether oxygens (including phenoxy) is 2. The Morgan fingerprint density at radius 3 is 2.73 bits per heavy atom. The lowest BCUT2D eigenvalue weighted by Crippen LogP contribution is -2.48. The molecule has 1 aromatic carbocycles. The van der Waals surface area contributed by atoms with E-state index < -0.39 is 36.0 Å². The van der Waals surface area contributed by atoms with E-state index in [0.717, 1.165) is 6.07 Å². The lowest BCUT2D eigenvalue weighted by atomic mass is 9.76. The Kier molecular flexibility index (Phi) is 6.12. The van der Waals surface area contributed by atoms with Gasteiger partial charge in [0.05, 0.1) is 12.1 Å². The minimum Gasteiger partial charge on any atom is -0.493 e. The van der Waals surface area contributed by atoms with Gasteiger partial charge in [-0.25, -0.2) is 18.8 Å². The minimum absolute atomic E-state index is 0.0766. The summed E-state index contributed by atoms with van der Waals surface area (Å²) in [5.74, 6) is -2.07. The van der Waals surface area contributed by atoms with Crippen LogP contribution in [0.3, 0.4) is 0 Å². The van der Waals surface area contributed by atoms with Crippen LogP contribution in [0.15, 0.2) is 35.5 Å². The van der Waals surface area contributed by atoms with E-state index in [-0.39, 0.29) is 28.7 Å². The first kappa shape index (κ1) is 21.8. The standard InChI is InChI=1S/C20H21ClF2N4O3/c1-10-11(2)30-19(24)27-20(10,9-22)14-6-13(7-15(23)17(14)29-3)26-18(28)16-5-4-12(21)8-25-16/h4-8,10-11H,9H2,1-3H3,(H2,24,27)(H,26,28)/t10-,11?,20-/m1/s1. The number of anilines is 1. The van der Waals surface area contributed by atoms with Crippen LogP contribution in [0.1, 0.15) is 29.9 Å². The van der Waals surface area contributed by atoms with Gasteiger partial charge in [-0.2, -0.15) is 0 Å². The molecular weight excluding hydrogens is 418 g/mol. The van der Waals surface area contributed by atoms with Gasteiger partial charge in [-0.3, -0.25) is 4.79 Å². The minimum atomic E-state index is -1.55. The van der Waals surface area contributed by atoms with Crippen molar-refractivity contribution >= 4 is 29.2 Å². The van der Waals surface area contributed by atoms with E-state index >= 15 is 0 Å². The molecule has 2 aromatic rings. The number of halogens is 3. The second kappa shape index (κ2) is 8.43. The number of hydrogen-bond donors (Lipinski definition) is 2. The first-order valence-electron chi connectivity index (χ1n) is 9.10. The fourth-order valence-corrected chi connectivity index (χ4v) is 3.55. The Labute approximate surface area is 177 Å². The van der Waals surface area contributed by atoms with Gasteiger partial charge in [0.15, 0.2) is 11.6 Å². The van der Waals surface area contributed by atoms with Crippen molar-refractivity contribution < 1.29 is 23.0 Å². The zero-order valence-electron chi connectivity index (χ0n) is 16.6. The summed E-state index contributed by atoms with van der Waals surface area (Å²) in [6.07, 6.45) is 0.833. The number of aromatic nitrogens is 1. The maximum Gasteiger partial charge on any atom is 0.283 e. The molecule has 0 fully saturated rings. The van der Waals surface area contributed by atoms with E-state index in [1.54, 1.807) is 13.8 Å². The molecule has 0 saturated heterocycles. The Balaban J connectivity index is 2.08. The van der Waals surface area contributed by atoms with Crippen LogP contribution in [0.4, 0.5) is 14.5 Å². The predicted molar refractivity (Wildman–Crippen MR) is 109 cm³/mol. The molecule has 0 spiro atoms. The molecule has 2 heterocycles. The number of carbonyl (C=O) groups excluding carboxylic acids is 1. The highest BCUT2D eigenvalue weighted by atomic mass is 35.5. The van der Waals surface area contributed by atoms with Crippen molar-refractivity contribution in [2.24, 2.45) is 16.6 Å². The molecule has 1 aliphatic rings. The number of carbonyl (C=O) groups is 1. The van der Waals surface area contributed by atoms with Crippen molar-refractivity contribution in [3.05, 3.63) is 52.6 Å². The smallest absolute Gasteiger partial charge is 0.283 e. The van der Waals surface area contributed by atoms with Gasteiger partial charge in [-0.15, -0.1) is 0 Å². The summed E-state index contributed by atoms with van der Waals surface area (Å²) in [5, 5.41) is 2.92. The predicted octanol–water partition coefficient (Wildman–Crippen LogP) is 3.67. The van der Waals surface area contributed by atoms with Crippen molar-refractivity contribution in [1.82, 2.24) is 4.98 Å². The average Bonchev–Trinajstić information content (AvgIpc) is 2.70. The Morgan fingerprint density at radius 1 is 1.40 bits per heavy atom. The van der Waals surface area contributed by atoms with Gasteiger partial charge in [0.25, 0.3) is 11.9 Å². The Hall–Kier alpha value is -2.94. The number of amidine groups is 1. The largest absolute Gasteiger partial charge is 0.493 e. The van der Waals surface area contributed by atoms with Crippen molar-refractivity contribution in [3.63, 3.8) is 0 Å². The Bertz CT molecular complexity index is 987. The van der Waals surface area contributed by atoms with Crippen LogP contribution in [0.25, 0.3) is 0 Å². The first-order chi connectivity index (χ1) is 14.2. The number of nitrogens with zero attached hydrogens (tertiary/aromatic N) is 2. The molecule has 1 aromatic heterocycles. The van der Waals surface area contributed by atoms with Crippen LogP contribution >= 0.6 is 11.6 Å². The number of benzene rings is 1. The van der Waals surface area contributed by atoms with Crippen LogP contribution in [0.5, 0.6) is 5.75 Å². The summed E-state index contributed by atoms with van der Waals surface area (Å²) < 4.78 is 39.9. The summed E-state index contributed by atoms with van der Waals surface area (Å²) in [6.45, 7) is 2.46. The van der Waals surface area contributed by atoms with Crippen molar-refractivity contribution in [2.75, 3.05) is 19.1 Å². The van der Waals surface area contributed by atoms with Gasteiger partial charge >= 0.3 is 0 Å². The van der Waals surface area contributed by atoms with E-state index in [1.807, 2.05) is 0 Å². The number of rotatable bonds is 5. The van der Waals surface area contributed by atoms with Crippen LogP contribution in [-0.2, 0) is 10.3 Å². The third-order valence-electron chi connectivity index (χ3n) is 5.21. The normalized spacial score (nSPS) is 23.3. The summed E-state index contributed by atoms with van der Waals surface area (Å²) in [7, 11) is 1.27. The fraction of sp³-hybridized carbons (Fsp3) is 0.350. The number of nitrogens with two attached hydrogens (primary N) is 1. The number of hydrogen-bond acceptors (Lipinski definition) is 6. The van der Waals surface area contributed by atoms with Crippen LogP contribution in [0.2, 0.25) is 5.02 Å². The molecule has 1 aliphatic heterocycles. The number of methoxy groups -OCH3 is 1. The van der Waals surface area contributed by atoms with E-state index in [9.17, 15) is 13.6 Å². The zero-order valence-corrected chi connectivity index (χ0v) is 17.3. The topological polar surface area (TPSA) is 98.8 Å². The van der Waals surface area contributed by atoms with Gasteiger partial charge in [0, 0.05) is 29.4 Å².